The van der Waals surface area contributed by atoms with Crippen molar-refractivity contribution in [3.8, 4) is 22.8 Å². The van der Waals surface area contributed by atoms with E-state index in [0.29, 0.717) is 22.3 Å². The van der Waals surface area contributed by atoms with E-state index < -0.39 is 15.7 Å². The van der Waals surface area contributed by atoms with Gasteiger partial charge in [-0.05, 0) is 30.3 Å². The van der Waals surface area contributed by atoms with Crippen LogP contribution in [-0.2, 0) is 9.84 Å². The molecule has 2 aromatic carbocycles. The number of nitrogens with zero attached hydrogens (tertiary/aromatic N) is 1. The highest BCUT2D eigenvalue weighted by molar-refractivity contribution is 7.91. The summed E-state index contributed by atoms with van der Waals surface area (Å²) in [5.41, 5.74) is 1.66. The second-order valence-corrected chi connectivity index (χ2v) is 9.13. The van der Waals surface area contributed by atoms with Crippen LogP contribution < -0.4 is 14.8 Å². The number of sulfone groups is 1. The summed E-state index contributed by atoms with van der Waals surface area (Å²) in [6.45, 7) is 1.56. The fraction of sp³-hybridized carbons (Fsp3) is 0.200. The number of thiazole rings is 1. The van der Waals surface area contributed by atoms with Crippen LogP contribution in [0.5, 0.6) is 11.5 Å². The second-order valence-electron chi connectivity index (χ2n) is 5.99. The van der Waals surface area contributed by atoms with Crippen molar-refractivity contribution in [1.82, 2.24) is 4.98 Å². The Bertz CT molecular complexity index is 1140. The van der Waals surface area contributed by atoms with Crippen LogP contribution in [0.4, 0.5) is 5.13 Å². The Balaban J connectivity index is 1.82. The van der Waals surface area contributed by atoms with Gasteiger partial charge in [0.2, 0.25) is 0 Å². The largest absolute Gasteiger partial charge is 0.497 e. The van der Waals surface area contributed by atoms with Crippen LogP contribution in [0.1, 0.15) is 17.3 Å². The average molecular weight is 433 g/mol. The maximum atomic E-state index is 12.6. The third-order valence-corrected chi connectivity index (χ3v) is 6.73. The van der Waals surface area contributed by atoms with Crippen molar-refractivity contribution in [2.75, 3.05) is 25.3 Å². The number of rotatable bonds is 7. The first-order valence-electron chi connectivity index (χ1n) is 8.70. The van der Waals surface area contributed by atoms with E-state index in [9.17, 15) is 13.2 Å². The SMILES string of the molecule is CCS(=O)(=O)c1cccc(C(=O)Nc2nc(-c3ccc(OC)cc3OC)cs2)c1. The van der Waals surface area contributed by atoms with Crippen LogP contribution in [0.3, 0.4) is 0 Å². The lowest BCUT2D eigenvalue weighted by Crippen LogP contribution is -2.13. The minimum Gasteiger partial charge on any atom is -0.497 e. The van der Waals surface area contributed by atoms with Gasteiger partial charge in [-0.15, -0.1) is 11.3 Å². The first-order valence-corrected chi connectivity index (χ1v) is 11.2. The van der Waals surface area contributed by atoms with Crippen molar-refractivity contribution in [1.29, 1.82) is 0 Å². The molecule has 0 saturated carbocycles. The van der Waals surface area contributed by atoms with Gasteiger partial charge >= 0.3 is 0 Å². The van der Waals surface area contributed by atoms with Gasteiger partial charge in [0.15, 0.2) is 15.0 Å². The summed E-state index contributed by atoms with van der Waals surface area (Å²) in [4.78, 5) is 17.1. The van der Waals surface area contributed by atoms with Gasteiger partial charge in [0, 0.05) is 22.6 Å². The molecule has 0 fully saturated rings. The zero-order valence-electron chi connectivity index (χ0n) is 16.1. The van der Waals surface area contributed by atoms with Crippen LogP contribution in [0.15, 0.2) is 52.7 Å². The zero-order valence-corrected chi connectivity index (χ0v) is 17.8. The minimum atomic E-state index is -3.39. The van der Waals surface area contributed by atoms with Crippen molar-refractivity contribution >= 4 is 32.2 Å². The Morgan fingerprint density at radius 1 is 1.14 bits per heavy atom. The summed E-state index contributed by atoms with van der Waals surface area (Å²) >= 11 is 1.26. The Kier molecular flexibility index (Phi) is 6.19. The third-order valence-electron chi connectivity index (χ3n) is 4.24. The number of ether oxygens (including phenoxy) is 2. The Morgan fingerprint density at radius 3 is 2.62 bits per heavy atom. The molecule has 9 heteroatoms. The van der Waals surface area contributed by atoms with Crippen molar-refractivity contribution in [3.05, 3.63) is 53.4 Å². The van der Waals surface area contributed by atoms with Crippen LogP contribution in [-0.4, -0.2) is 39.3 Å². The van der Waals surface area contributed by atoms with Gasteiger partial charge in [0.25, 0.3) is 5.91 Å². The number of carbonyl (C=O) groups excluding carboxylic acids is 1. The molecular weight excluding hydrogens is 412 g/mol. The molecule has 1 amide bonds. The molecule has 0 aliphatic carbocycles. The molecule has 0 radical (unpaired) electrons. The van der Waals surface area contributed by atoms with Crippen LogP contribution in [0, 0.1) is 0 Å². The van der Waals surface area contributed by atoms with Gasteiger partial charge in [-0.1, -0.05) is 13.0 Å². The van der Waals surface area contributed by atoms with Crippen molar-refractivity contribution < 1.29 is 22.7 Å². The van der Waals surface area contributed by atoms with Gasteiger partial charge in [0.05, 0.1) is 30.6 Å². The van der Waals surface area contributed by atoms with Crippen LogP contribution in [0.2, 0.25) is 0 Å². The van der Waals surface area contributed by atoms with Crippen LogP contribution in [0.25, 0.3) is 11.3 Å². The Morgan fingerprint density at radius 2 is 1.93 bits per heavy atom. The molecule has 0 aliphatic heterocycles. The third kappa shape index (κ3) is 4.57. The van der Waals surface area contributed by atoms with E-state index in [0.717, 1.165) is 5.56 Å². The lowest BCUT2D eigenvalue weighted by molar-refractivity contribution is 0.102. The molecule has 1 heterocycles. The van der Waals surface area contributed by atoms with E-state index in [1.165, 1.54) is 23.5 Å². The second kappa shape index (κ2) is 8.62. The quantitative estimate of drug-likeness (QED) is 0.609. The minimum absolute atomic E-state index is 0.0302. The molecule has 0 spiro atoms. The van der Waals surface area contributed by atoms with Gasteiger partial charge in [-0.2, -0.15) is 0 Å². The van der Waals surface area contributed by atoms with E-state index in [1.54, 1.807) is 50.8 Å². The molecule has 1 N–H and O–H groups in total. The molecule has 1 aromatic heterocycles. The maximum absolute atomic E-state index is 12.6. The maximum Gasteiger partial charge on any atom is 0.257 e. The number of anilines is 1. The van der Waals surface area contributed by atoms with E-state index in [2.05, 4.69) is 10.3 Å². The van der Waals surface area contributed by atoms with E-state index in [-0.39, 0.29) is 16.2 Å². The van der Waals surface area contributed by atoms with Crippen molar-refractivity contribution in [3.63, 3.8) is 0 Å². The number of benzene rings is 2. The highest BCUT2D eigenvalue weighted by atomic mass is 32.2. The van der Waals surface area contributed by atoms with E-state index in [4.69, 9.17) is 9.47 Å². The lowest BCUT2D eigenvalue weighted by Gasteiger charge is -2.08. The van der Waals surface area contributed by atoms with E-state index >= 15 is 0 Å². The summed E-state index contributed by atoms with van der Waals surface area (Å²) in [6, 6.07) is 11.3. The Labute approximate surface area is 173 Å². The van der Waals surface area contributed by atoms with Gasteiger partial charge in [0.1, 0.15) is 11.5 Å². The summed E-state index contributed by atoms with van der Waals surface area (Å²) < 4.78 is 34.7. The first kappa shape index (κ1) is 20.8. The number of amides is 1. The fourth-order valence-electron chi connectivity index (χ4n) is 2.63. The van der Waals surface area contributed by atoms with E-state index in [1.807, 2.05) is 6.07 Å². The molecule has 0 aliphatic rings. The predicted molar refractivity (Wildman–Crippen MR) is 113 cm³/mol. The monoisotopic (exact) mass is 432 g/mol. The molecule has 0 unspecified atom stereocenters. The number of methoxy groups -OCH3 is 2. The molecule has 7 nitrogen and oxygen atoms in total. The van der Waals surface area contributed by atoms with Gasteiger partial charge < -0.3 is 9.47 Å². The highest BCUT2D eigenvalue weighted by Crippen LogP contribution is 2.34. The molecule has 0 bridgehead atoms. The number of hydrogen-bond donors (Lipinski definition) is 1. The predicted octanol–water partition coefficient (Wildman–Crippen LogP) is 3.87. The number of carbonyl (C=O) groups is 1. The summed E-state index contributed by atoms with van der Waals surface area (Å²) in [6.07, 6.45) is 0. The topological polar surface area (TPSA) is 94.6 Å². The summed E-state index contributed by atoms with van der Waals surface area (Å²) in [5.74, 6) is 0.805. The average Bonchev–Trinajstić information content (AvgIpc) is 3.21. The summed E-state index contributed by atoms with van der Waals surface area (Å²) in [5, 5.41) is 4.91. The molecule has 0 atom stereocenters. The number of nitrogens with one attached hydrogen (secondary N) is 1. The molecule has 3 aromatic rings. The summed E-state index contributed by atoms with van der Waals surface area (Å²) in [7, 11) is -0.254. The number of hydrogen-bond acceptors (Lipinski definition) is 7. The van der Waals surface area contributed by atoms with Crippen LogP contribution >= 0.6 is 11.3 Å². The van der Waals surface area contributed by atoms with Gasteiger partial charge in [-0.25, -0.2) is 13.4 Å². The molecular formula is C20H20N2O5S2. The van der Waals surface area contributed by atoms with Gasteiger partial charge in [-0.3, -0.25) is 10.1 Å². The number of aromatic nitrogens is 1. The smallest absolute Gasteiger partial charge is 0.257 e. The fourth-order valence-corrected chi connectivity index (χ4v) is 4.26. The normalized spacial score (nSPS) is 11.1. The standard InChI is InChI=1S/C20H20N2O5S2/c1-4-29(24,25)15-7-5-6-13(10-15)19(23)22-20-21-17(12-28-20)16-9-8-14(26-2)11-18(16)27-3/h5-12H,4H2,1-3H3,(H,21,22,23). The first-order chi connectivity index (χ1) is 13.9. The Hall–Kier alpha value is -2.91. The molecule has 3 rings (SSSR count). The molecule has 152 valence electrons. The zero-order chi connectivity index (χ0) is 21.0. The highest BCUT2D eigenvalue weighted by Gasteiger charge is 2.16. The molecule has 29 heavy (non-hydrogen) atoms. The molecule has 0 saturated heterocycles. The van der Waals surface area contributed by atoms with Crippen molar-refractivity contribution in [2.24, 2.45) is 0 Å². The lowest BCUT2D eigenvalue weighted by atomic mass is 10.1. The van der Waals surface area contributed by atoms with Crippen molar-refractivity contribution in [2.45, 2.75) is 11.8 Å².